The van der Waals surface area contributed by atoms with Crippen molar-refractivity contribution < 1.29 is 9.47 Å². The van der Waals surface area contributed by atoms with Gasteiger partial charge in [-0.25, -0.2) is 0 Å². The third-order valence-corrected chi connectivity index (χ3v) is 4.57. The molecule has 0 aromatic heterocycles. The van der Waals surface area contributed by atoms with Gasteiger partial charge in [-0.1, -0.05) is 13.0 Å². The van der Waals surface area contributed by atoms with Crippen molar-refractivity contribution in [1.82, 2.24) is 15.5 Å². The second-order valence-corrected chi connectivity index (χ2v) is 6.37. The Morgan fingerprint density at radius 2 is 2.12 bits per heavy atom. The number of halogens is 1. The Morgan fingerprint density at radius 3 is 2.81 bits per heavy atom. The van der Waals surface area contributed by atoms with Crippen LogP contribution in [0.3, 0.4) is 0 Å². The predicted molar refractivity (Wildman–Crippen MR) is 118 cm³/mol. The van der Waals surface area contributed by atoms with Crippen LogP contribution in [0.5, 0.6) is 11.5 Å². The smallest absolute Gasteiger partial charge is 0.191 e. The molecule has 1 aliphatic heterocycles. The lowest BCUT2D eigenvalue weighted by molar-refractivity contribution is 0.222. The van der Waals surface area contributed by atoms with E-state index in [9.17, 15) is 0 Å². The van der Waals surface area contributed by atoms with Crippen LogP contribution in [0.25, 0.3) is 0 Å². The van der Waals surface area contributed by atoms with Gasteiger partial charge in [0.1, 0.15) is 17.6 Å². The van der Waals surface area contributed by atoms with E-state index in [1.807, 2.05) is 31.2 Å². The summed E-state index contributed by atoms with van der Waals surface area (Å²) in [6.45, 7) is 8.19. The van der Waals surface area contributed by atoms with Gasteiger partial charge >= 0.3 is 0 Å². The monoisotopic (exact) mass is 476 g/mol. The molecule has 7 heteroatoms. The molecule has 1 aromatic rings. The normalized spacial score (nSPS) is 18.8. The van der Waals surface area contributed by atoms with Crippen molar-refractivity contribution in [2.45, 2.75) is 38.8 Å². The molecule has 1 aliphatic rings. The topological polar surface area (TPSA) is 58.1 Å². The number of nitrogens with zero attached hydrogens (tertiary/aromatic N) is 2. The average molecular weight is 476 g/mol. The molecule has 2 unspecified atom stereocenters. The van der Waals surface area contributed by atoms with Crippen LogP contribution >= 0.6 is 24.0 Å². The van der Waals surface area contributed by atoms with Crippen LogP contribution in [-0.2, 0) is 0 Å². The lowest BCUT2D eigenvalue weighted by Crippen LogP contribution is -2.46. The first-order valence-corrected chi connectivity index (χ1v) is 9.15. The first-order chi connectivity index (χ1) is 12.2. The maximum Gasteiger partial charge on any atom is 0.191 e. The highest BCUT2D eigenvalue weighted by Gasteiger charge is 2.22. The fraction of sp³-hybridized carbons (Fsp3) is 0.632. The molecule has 2 rings (SSSR count). The van der Waals surface area contributed by atoms with Crippen LogP contribution < -0.4 is 20.1 Å². The molecule has 2 atom stereocenters. The second kappa shape index (κ2) is 12.2. The van der Waals surface area contributed by atoms with Gasteiger partial charge in [0, 0.05) is 25.7 Å². The largest absolute Gasteiger partial charge is 0.497 e. The van der Waals surface area contributed by atoms with Gasteiger partial charge in [0.2, 0.25) is 0 Å². The van der Waals surface area contributed by atoms with Crippen LogP contribution in [0.4, 0.5) is 0 Å². The van der Waals surface area contributed by atoms with E-state index in [0.29, 0.717) is 12.6 Å². The van der Waals surface area contributed by atoms with Gasteiger partial charge in [-0.15, -0.1) is 24.0 Å². The van der Waals surface area contributed by atoms with Gasteiger partial charge in [-0.2, -0.15) is 0 Å². The van der Waals surface area contributed by atoms with E-state index >= 15 is 0 Å². The number of methoxy groups -OCH3 is 1. The SMILES string of the molecule is CCN1CCCC1CNC(=NC)NCC(C)Oc1cccc(OC)c1.I. The molecule has 0 amide bonds. The second-order valence-electron chi connectivity index (χ2n) is 6.37. The van der Waals surface area contributed by atoms with Crippen LogP contribution in [0, 0.1) is 0 Å². The van der Waals surface area contributed by atoms with Crippen molar-refractivity contribution in [2.24, 2.45) is 4.99 Å². The highest BCUT2D eigenvalue weighted by atomic mass is 127. The van der Waals surface area contributed by atoms with Crippen molar-refractivity contribution in [3.8, 4) is 11.5 Å². The van der Waals surface area contributed by atoms with E-state index in [1.54, 1.807) is 14.2 Å². The molecule has 0 saturated carbocycles. The first kappa shape index (κ1) is 22.8. The summed E-state index contributed by atoms with van der Waals surface area (Å²) in [4.78, 5) is 6.83. The molecule has 148 valence electrons. The molecule has 0 spiro atoms. The number of benzene rings is 1. The van der Waals surface area contributed by atoms with Gasteiger partial charge in [0.15, 0.2) is 5.96 Å². The van der Waals surface area contributed by atoms with Crippen LogP contribution in [0.1, 0.15) is 26.7 Å². The maximum atomic E-state index is 5.93. The zero-order valence-corrected chi connectivity index (χ0v) is 18.7. The van der Waals surface area contributed by atoms with Crippen LogP contribution in [0.15, 0.2) is 29.3 Å². The van der Waals surface area contributed by atoms with Crippen LogP contribution in [0.2, 0.25) is 0 Å². The number of hydrogen-bond acceptors (Lipinski definition) is 4. The number of aliphatic imine (C=N–C) groups is 1. The standard InChI is InChI=1S/C19H32N4O2.HI/c1-5-23-11-7-8-16(23)14-22-19(20-3)21-13-15(2)25-18-10-6-9-17(12-18)24-4;/h6,9-10,12,15-16H,5,7-8,11,13-14H2,1-4H3,(H2,20,21,22);1H. The van der Waals surface area contributed by atoms with E-state index in [2.05, 4.69) is 27.4 Å². The third-order valence-electron chi connectivity index (χ3n) is 4.57. The quantitative estimate of drug-likeness (QED) is 0.344. The minimum Gasteiger partial charge on any atom is -0.497 e. The summed E-state index contributed by atoms with van der Waals surface area (Å²) in [5.41, 5.74) is 0. The summed E-state index contributed by atoms with van der Waals surface area (Å²) < 4.78 is 11.2. The lowest BCUT2D eigenvalue weighted by Gasteiger charge is -2.24. The highest BCUT2D eigenvalue weighted by Crippen LogP contribution is 2.19. The van der Waals surface area contributed by atoms with Gasteiger partial charge in [0.25, 0.3) is 0 Å². The van der Waals surface area contributed by atoms with E-state index in [-0.39, 0.29) is 30.1 Å². The minimum absolute atomic E-state index is 0. The molecule has 0 aliphatic carbocycles. The molecular weight excluding hydrogens is 443 g/mol. The van der Waals surface area contributed by atoms with Crippen molar-refractivity contribution in [1.29, 1.82) is 0 Å². The summed E-state index contributed by atoms with van der Waals surface area (Å²) in [6.07, 6.45) is 2.56. The zero-order valence-electron chi connectivity index (χ0n) is 16.3. The fourth-order valence-electron chi connectivity index (χ4n) is 3.17. The maximum absolute atomic E-state index is 5.93. The molecule has 1 heterocycles. The van der Waals surface area contributed by atoms with E-state index in [0.717, 1.165) is 30.5 Å². The molecule has 26 heavy (non-hydrogen) atoms. The fourth-order valence-corrected chi connectivity index (χ4v) is 3.17. The molecule has 0 radical (unpaired) electrons. The van der Waals surface area contributed by atoms with E-state index in [1.165, 1.54) is 19.4 Å². The van der Waals surface area contributed by atoms with E-state index in [4.69, 9.17) is 9.47 Å². The Balaban J connectivity index is 0.00000338. The Bertz CT molecular complexity index is 556. The van der Waals surface area contributed by atoms with Gasteiger partial charge < -0.3 is 20.1 Å². The van der Waals surface area contributed by atoms with Gasteiger partial charge in [-0.05, 0) is 45.0 Å². The first-order valence-electron chi connectivity index (χ1n) is 9.15. The third kappa shape index (κ3) is 7.19. The van der Waals surface area contributed by atoms with Crippen molar-refractivity contribution >= 4 is 29.9 Å². The van der Waals surface area contributed by atoms with Crippen molar-refractivity contribution in [3.63, 3.8) is 0 Å². The molecule has 0 bridgehead atoms. The number of likely N-dealkylation sites (N-methyl/N-ethyl adjacent to an activating group) is 1. The summed E-state index contributed by atoms with van der Waals surface area (Å²) in [7, 11) is 3.46. The van der Waals surface area contributed by atoms with E-state index < -0.39 is 0 Å². The predicted octanol–water partition coefficient (Wildman–Crippen LogP) is 2.73. The number of ether oxygens (including phenoxy) is 2. The Labute approximate surface area is 174 Å². The molecule has 2 N–H and O–H groups in total. The van der Waals surface area contributed by atoms with Crippen LogP contribution in [-0.4, -0.2) is 63.3 Å². The van der Waals surface area contributed by atoms with Crippen molar-refractivity contribution in [2.75, 3.05) is 40.3 Å². The number of guanidine groups is 1. The highest BCUT2D eigenvalue weighted by molar-refractivity contribution is 14.0. The Hall–Kier alpha value is -1.22. The molecule has 1 aromatic carbocycles. The average Bonchev–Trinajstić information content (AvgIpc) is 3.09. The summed E-state index contributed by atoms with van der Waals surface area (Å²) >= 11 is 0. The van der Waals surface area contributed by atoms with Crippen molar-refractivity contribution in [3.05, 3.63) is 24.3 Å². The number of rotatable bonds is 8. The number of nitrogens with one attached hydrogen (secondary N) is 2. The molecule has 6 nitrogen and oxygen atoms in total. The summed E-state index contributed by atoms with van der Waals surface area (Å²) in [5.74, 6) is 2.43. The summed E-state index contributed by atoms with van der Waals surface area (Å²) in [6, 6.07) is 8.27. The molecule has 1 fully saturated rings. The Kier molecular flexibility index (Phi) is 10.7. The summed E-state index contributed by atoms with van der Waals surface area (Å²) in [5, 5.41) is 6.77. The number of likely N-dealkylation sites (tertiary alicyclic amines) is 1. The Morgan fingerprint density at radius 1 is 1.35 bits per heavy atom. The van der Waals surface area contributed by atoms with Gasteiger partial charge in [0.05, 0.1) is 13.7 Å². The molecule has 1 saturated heterocycles. The lowest BCUT2D eigenvalue weighted by atomic mass is 10.2. The van der Waals surface area contributed by atoms with Gasteiger partial charge in [-0.3, -0.25) is 9.89 Å². The number of hydrogen-bond donors (Lipinski definition) is 2. The molecular formula is C19H33IN4O2. The zero-order chi connectivity index (χ0) is 18.1. The minimum atomic E-state index is 0.